The van der Waals surface area contributed by atoms with Crippen molar-refractivity contribution in [2.45, 2.75) is 13.5 Å². The Hall–Kier alpha value is -2.51. The van der Waals surface area contributed by atoms with Crippen LogP contribution in [0.25, 0.3) is 0 Å². The molecule has 108 valence electrons. The Balaban J connectivity index is 2.16. The van der Waals surface area contributed by atoms with E-state index in [0.717, 1.165) is 11.1 Å². The van der Waals surface area contributed by atoms with Gasteiger partial charge in [0.05, 0.1) is 5.56 Å². The fourth-order valence-electron chi connectivity index (χ4n) is 2.02. The van der Waals surface area contributed by atoms with Crippen LogP contribution in [0.1, 0.15) is 27.2 Å². The van der Waals surface area contributed by atoms with E-state index in [0.29, 0.717) is 17.9 Å². The second-order valence-corrected chi connectivity index (χ2v) is 4.72. The molecular formula is C17H17NO3. The number of carbonyl (C=O) groups excluding carboxylic acids is 1. The molecule has 0 aliphatic carbocycles. The van der Waals surface area contributed by atoms with Gasteiger partial charge in [-0.1, -0.05) is 30.0 Å². The topological polar surface area (TPSA) is 53.7 Å². The number of hydrogen-bond donors (Lipinski definition) is 1. The smallest absolute Gasteiger partial charge is 0.257 e. The highest BCUT2D eigenvalue weighted by Crippen LogP contribution is 2.14. The molecule has 0 spiro atoms. The highest BCUT2D eigenvalue weighted by atomic mass is 16.3. The molecule has 0 bridgehead atoms. The minimum atomic E-state index is -0.183. The molecule has 1 heterocycles. The van der Waals surface area contributed by atoms with E-state index < -0.39 is 0 Å². The number of rotatable bonds is 3. The van der Waals surface area contributed by atoms with Crippen molar-refractivity contribution in [2.75, 3.05) is 13.7 Å². The summed E-state index contributed by atoms with van der Waals surface area (Å²) in [6.07, 6.45) is 1.46. The maximum atomic E-state index is 12.3. The predicted octanol–water partition coefficient (Wildman–Crippen LogP) is 2.20. The van der Waals surface area contributed by atoms with Crippen molar-refractivity contribution >= 4 is 5.91 Å². The van der Waals surface area contributed by atoms with Crippen molar-refractivity contribution in [3.05, 3.63) is 59.0 Å². The van der Waals surface area contributed by atoms with E-state index in [1.165, 1.54) is 6.26 Å². The lowest BCUT2D eigenvalue weighted by Gasteiger charge is -2.17. The lowest BCUT2D eigenvalue weighted by molar-refractivity contribution is 0.0784. The number of carbonyl (C=O) groups is 1. The van der Waals surface area contributed by atoms with Gasteiger partial charge in [-0.15, -0.1) is 0 Å². The van der Waals surface area contributed by atoms with E-state index in [2.05, 4.69) is 11.8 Å². The third-order valence-corrected chi connectivity index (χ3v) is 3.05. The number of aliphatic hydroxyl groups excluding tert-OH is 1. The molecule has 0 atom stereocenters. The van der Waals surface area contributed by atoms with Crippen LogP contribution in [0.3, 0.4) is 0 Å². The number of benzene rings is 1. The van der Waals surface area contributed by atoms with E-state index >= 15 is 0 Å². The Bertz CT molecular complexity index is 691. The summed E-state index contributed by atoms with van der Waals surface area (Å²) in [5.74, 6) is 6.13. The van der Waals surface area contributed by atoms with Crippen LogP contribution < -0.4 is 0 Å². The molecule has 0 saturated heterocycles. The van der Waals surface area contributed by atoms with Crippen molar-refractivity contribution in [3.63, 3.8) is 0 Å². The van der Waals surface area contributed by atoms with Gasteiger partial charge in [0, 0.05) is 19.2 Å². The van der Waals surface area contributed by atoms with E-state index in [1.54, 1.807) is 24.9 Å². The zero-order valence-corrected chi connectivity index (χ0v) is 12.1. The molecule has 21 heavy (non-hydrogen) atoms. The van der Waals surface area contributed by atoms with Crippen LogP contribution in [0, 0.1) is 18.8 Å². The quantitative estimate of drug-likeness (QED) is 0.879. The summed E-state index contributed by atoms with van der Waals surface area (Å²) in [5.41, 5.74) is 2.29. The van der Waals surface area contributed by atoms with Gasteiger partial charge in [0.2, 0.25) is 0 Å². The summed E-state index contributed by atoms with van der Waals surface area (Å²) >= 11 is 0. The lowest BCUT2D eigenvalue weighted by atomic mass is 10.1. The fraction of sp³-hybridized carbons (Fsp3) is 0.235. The van der Waals surface area contributed by atoms with Gasteiger partial charge >= 0.3 is 0 Å². The van der Waals surface area contributed by atoms with Gasteiger partial charge in [-0.3, -0.25) is 4.79 Å². The van der Waals surface area contributed by atoms with Gasteiger partial charge in [0.25, 0.3) is 5.91 Å². The van der Waals surface area contributed by atoms with Crippen molar-refractivity contribution < 1.29 is 14.3 Å². The number of amides is 1. The predicted molar refractivity (Wildman–Crippen MR) is 79.6 cm³/mol. The lowest BCUT2D eigenvalue weighted by Crippen LogP contribution is -2.26. The minimum absolute atomic E-state index is 0.100. The molecule has 1 aromatic heterocycles. The third-order valence-electron chi connectivity index (χ3n) is 3.05. The van der Waals surface area contributed by atoms with Gasteiger partial charge in [0.15, 0.2) is 0 Å². The summed E-state index contributed by atoms with van der Waals surface area (Å²) in [6, 6.07) is 9.30. The van der Waals surface area contributed by atoms with Crippen molar-refractivity contribution in [2.24, 2.45) is 0 Å². The molecule has 2 rings (SSSR count). The molecule has 0 aliphatic rings. The molecule has 1 amide bonds. The summed E-state index contributed by atoms with van der Waals surface area (Å²) in [7, 11) is 1.74. The van der Waals surface area contributed by atoms with Crippen LogP contribution in [0.5, 0.6) is 0 Å². The monoisotopic (exact) mass is 283 g/mol. The molecule has 0 aliphatic heterocycles. The van der Waals surface area contributed by atoms with Gasteiger partial charge < -0.3 is 14.4 Å². The Morgan fingerprint density at radius 3 is 2.81 bits per heavy atom. The first kappa shape index (κ1) is 14.9. The molecule has 0 radical (unpaired) electrons. The highest BCUT2D eigenvalue weighted by molar-refractivity contribution is 5.93. The Morgan fingerprint density at radius 1 is 1.38 bits per heavy atom. The van der Waals surface area contributed by atoms with Gasteiger partial charge in [-0.25, -0.2) is 0 Å². The Kier molecular flexibility index (Phi) is 4.81. The number of nitrogens with zero attached hydrogens (tertiary/aromatic N) is 1. The van der Waals surface area contributed by atoms with Gasteiger partial charge in [0.1, 0.15) is 18.6 Å². The van der Waals surface area contributed by atoms with E-state index in [1.807, 2.05) is 24.3 Å². The molecule has 2 aromatic rings. The molecule has 0 fully saturated rings. The van der Waals surface area contributed by atoms with Gasteiger partial charge in [-0.05, 0) is 24.6 Å². The molecule has 0 saturated carbocycles. The summed E-state index contributed by atoms with van der Waals surface area (Å²) in [6.45, 7) is 2.06. The molecule has 0 unspecified atom stereocenters. The standard InChI is InChI=1S/C17H17NO3/c1-13-10-16(12-21-13)17(20)18(2)11-15-7-4-3-6-14(15)8-5-9-19/h3-4,6-7,10,12,19H,9,11H2,1-2H3. The summed E-state index contributed by atoms with van der Waals surface area (Å²) in [5, 5.41) is 8.79. The normalized spacial score (nSPS) is 9.86. The van der Waals surface area contributed by atoms with Crippen LogP contribution in [0.2, 0.25) is 0 Å². The summed E-state index contributed by atoms with van der Waals surface area (Å²) < 4.78 is 5.17. The number of furan rings is 1. The number of aryl methyl sites for hydroxylation is 1. The molecule has 1 aromatic carbocycles. The van der Waals surface area contributed by atoms with E-state index in [-0.39, 0.29) is 12.5 Å². The zero-order valence-electron chi connectivity index (χ0n) is 12.1. The second kappa shape index (κ2) is 6.78. The minimum Gasteiger partial charge on any atom is -0.469 e. The first-order chi connectivity index (χ1) is 10.1. The summed E-state index contributed by atoms with van der Waals surface area (Å²) in [4.78, 5) is 13.9. The van der Waals surface area contributed by atoms with Crippen LogP contribution >= 0.6 is 0 Å². The van der Waals surface area contributed by atoms with E-state index in [9.17, 15) is 4.79 Å². The number of hydrogen-bond acceptors (Lipinski definition) is 3. The highest BCUT2D eigenvalue weighted by Gasteiger charge is 2.15. The second-order valence-electron chi connectivity index (χ2n) is 4.72. The third kappa shape index (κ3) is 3.74. The van der Waals surface area contributed by atoms with E-state index in [4.69, 9.17) is 9.52 Å². The van der Waals surface area contributed by atoms with Crippen molar-refractivity contribution in [1.82, 2.24) is 4.90 Å². The van der Waals surface area contributed by atoms with Crippen LogP contribution in [-0.4, -0.2) is 29.6 Å². The molecule has 4 nitrogen and oxygen atoms in total. The average molecular weight is 283 g/mol. The van der Waals surface area contributed by atoms with Crippen LogP contribution in [0.4, 0.5) is 0 Å². The number of aliphatic hydroxyl groups is 1. The van der Waals surface area contributed by atoms with Crippen molar-refractivity contribution in [1.29, 1.82) is 0 Å². The fourth-order valence-corrected chi connectivity index (χ4v) is 2.02. The first-order valence-corrected chi connectivity index (χ1v) is 6.60. The average Bonchev–Trinajstić information content (AvgIpc) is 2.92. The largest absolute Gasteiger partial charge is 0.469 e. The molecular weight excluding hydrogens is 266 g/mol. The zero-order chi connectivity index (χ0) is 15.2. The first-order valence-electron chi connectivity index (χ1n) is 6.60. The maximum Gasteiger partial charge on any atom is 0.257 e. The van der Waals surface area contributed by atoms with Gasteiger partial charge in [-0.2, -0.15) is 0 Å². The molecule has 1 N–H and O–H groups in total. The maximum absolute atomic E-state index is 12.3. The SMILES string of the molecule is Cc1cc(C(=O)N(C)Cc2ccccc2C#CCO)co1. The Morgan fingerprint density at radius 2 is 2.14 bits per heavy atom. The van der Waals surface area contributed by atoms with Crippen LogP contribution in [-0.2, 0) is 6.54 Å². The van der Waals surface area contributed by atoms with Crippen LogP contribution in [0.15, 0.2) is 41.0 Å². The van der Waals surface area contributed by atoms with Crippen molar-refractivity contribution in [3.8, 4) is 11.8 Å². The Labute approximate surface area is 124 Å². The molecule has 4 heteroatoms.